The number of aromatic nitrogens is 3. The Bertz CT molecular complexity index is 983. The fraction of sp³-hybridized carbons (Fsp3) is 0.450. The smallest absolute Gasteiger partial charge is 0.255 e. The maximum atomic E-state index is 12.8. The van der Waals surface area contributed by atoms with Crippen LogP contribution in [0.4, 0.5) is 0 Å². The zero-order valence-corrected chi connectivity index (χ0v) is 14.9. The zero-order valence-electron chi connectivity index (χ0n) is 14.9. The molecule has 2 aromatic heterocycles. The molecule has 1 atom stereocenters. The van der Waals surface area contributed by atoms with Crippen molar-refractivity contribution in [1.29, 1.82) is 0 Å². The number of nitrogens with zero attached hydrogens (tertiary/aromatic N) is 3. The summed E-state index contributed by atoms with van der Waals surface area (Å²) in [5.41, 5.74) is 1.28. The lowest BCUT2D eigenvalue weighted by atomic mass is 10.1. The highest BCUT2D eigenvalue weighted by Gasteiger charge is 2.31. The summed E-state index contributed by atoms with van der Waals surface area (Å²) in [5, 5.41) is 12.9. The van der Waals surface area contributed by atoms with Gasteiger partial charge < -0.3 is 14.3 Å². The number of fused-ring (bicyclic) bond motifs is 2. The number of aryl methyl sites for hydroxylation is 2. The summed E-state index contributed by atoms with van der Waals surface area (Å²) in [5.74, 6) is 3.56. The van der Waals surface area contributed by atoms with Crippen LogP contribution < -0.4 is 5.32 Å². The molecular weight excluding hydrogens is 328 g/mol. The molecule has 1 saturated carbocycles. The van der Waals surface area contributed by atoms with Crippen LogP contribution in [0.1, 0.15) is 59.4 Å². The lowest BCUT2D eigenvalue weighted by molar-refractivity contribution is 0.0933. The molecule has 0 bridgehead atoms. The SMILES string of the molecule is Cc1cc2cccc(C(=O)NC3CCc4nnc(C5CC5)n4CC3)c2o1. The molecule has 1 unspecified atom stereocenters. The van der Waals surface area contributed by atoms with E-state index < -0.39 is 0 Å². The van der Waals surface area contributed by atoms with Crippen LogP contribution in [0.2, 0.25) is 0 Å². The Hall–Kier alpha value is -2.63. The van der Waals surface area contributed by atoms with Crippen molar-refractivity contribution in [3.63, 3.8) is 0 Å². The highest BCUT2D eigenvalue weighted by molar-refractivity contribution is 6.05. The monoisotopic (exact) mass is 350 g/mol. The van der Waals surface area contributed by atoms with Crippen LogP contribution in [0.25, 0.3) is 11.0 Å². The molecule has 6 heteroatoms. The number of rotatable bonds is 3. The lowest BCUT2D eigenvalue weighted by Crippen LogP contribution is -2.35. The first-order valence-electron chi connectivity index (χ1n) is 9.41. The molecule has 3 aromatic rings. The quantitative estimate of drug-likeness (QED) is 0.786. The van der Waals surface area contributed by atoms with Crippen molar-refractivity contribution >= 4 is 16.9 Å². The van der Waals surface area contributed by atoms with Crippen LogP contribution in [-0.2, 0) is 13.0 Å². The highest BCUT2D eigenvalue weighted by Crippen LogP contribution is 2.39. The first-order chi connectivity index (χ1) is 12.7. The first kappa shape index (κ1) is 15.6. The molecule has 1 aliphatic heterocycles. The molecule has 0 radical (unpaired) electrons. The maximum Gasteiger partial charge on any atom is 0.255 e. The van der Waals surface area contributed by atoms with Crippen LogP contribution in [0.5, 0.6) is 0 Å². The van der Waals surface area contributed by atoms with Crippen LogP contribution in [0.3, 0.4) is 0 Å². The van der Waals surface area contributed by atoms with Gasteiger partial charge in [-0.15, -0.1) is 10.2 Å². The summed E-state index contributed by atoms with van der Waals surface area (Å²) in [6.45, 7) is 2.78. The number of carbonyl (C=O) groups is 1. The van der Waals surface area contributed by atoms with E-state index in [1.165, 1.54) is 12.8 Å². The number of hydrogen-bond donors (Lipinski definition) is 1. The van der Waals surface area contributed by atoms with Crippen molar-refractivity contribution in [2.24, 2.45) is 0 Å². The van der Waals surface area contributed by atoms with E-state index >= 15 is 0 Å². The summed E-state index contributed by atoms with van der Waals surface area (Å²) in [4.78, 5) is 12.8. The predicted octanol–water partition coefficient (Wildman–Crippen LogP) is 3.35. The third-order valence-electron chi connectivity index (χ3n) is 5.46. The predicted molar refractivity (Wildman–Crippen MR) is 97.1 cm³/mol. The topological polar surface area (TPSA) is 73.0 Å². The fourth-order valence-corrected chi connectivity index (χ4v) is 3.93. The average Bonchev–Trinajstić information content (AvgIpc) is 3.33. The van der Waals surface area contributed by atoms with Crippen molar-refractivity contribution in [3.8, 4) is 0 Å². The fourth-order valence-electron chi connectivity index (χ4n) is 3.93. The zero-order chi connectivity index (χ0) is 17.7. The summed E-state index contributed by atoms with van der Waals surface area (Å²) in [6, 6.07) is 7.81. The Labute approximate surface area is 151 Å². The van der Waals surface area contributed by atoms with Gasteiger partial charge >= 0.3 is 0 Å². The molecule has 134 valence electrons. The van der Waals surface area contributed by atoms with Crippen molar-refractivity contribution in [2.75, 3.05) is 0 Å². The summed E-state index contributed by atoms with van der Waals surface area (Å²) in [7, 11) is 0. The van der Waals surface area contributed by atoms with E-state index in [1.54, 1.807) is 0 Å². The number of para-hydroxylation sites is 1. The van der Waals surface area contributed by atoms with E-state index in [1.807, 2.05) is 31.2 Å². The normalized spacial score (nSPS) is 20.0. The average molecular weight is 350 g/mol. The Morgan fingerprint density at radius 2 is 2.12 bits per heavy atom. The second-order valence-electron chi connectivity index (χ2n) is 7.48. The van der Waals surface area contributed by atoms with Crippen LogP contribution in [0, 0.1) is 6.92 Å². The molecule has 6 nitrogen and oxygen atoms in total. The highest BCUT2D eigenvalue weighted by atomic mass is 16.3. The molecule has 1 amide bonds. The molecule has 1 aromatic carbocycles. The molecule has 5 rings (SSSR count). The minimum atomic E-state index is -0.0602. The van der Waals surface area contributed by atoms with Crippen molar-refractivity contribution < 1.29 is 9.21 Å². The van der Waals surface area contributed by atoms with Crippen molar-refractivity contribution in [1.82, 2.24) is 20.1 Å². The van der Waals surface area contributed by atoms with Gasteiger partial charge in [-0.2, -0.15) is 0 Å². The molecule has 26 heavy (non-hydrogen) atoms. The van der Waals surface area contributed by atoms with E-state index in [0.29, 0.717) is 17.1 Å². The Kier molecular flexibility index (Phi) is 3.58. The maximum absolute atomic E-state index is 12.8. The number of benzene rings is 1. The molecule has 2 aliphatic rings. The van der Waals surface area contributed by atoms with Gasteiger partial charge in [0.05, 0.1) is 5.56 Å². The molecule has 1 aliphatic carbocycles. The summed E-state index contributed by atoms with van der Waals surface area (Å²) < 4.78 is 8.02. The van der Waals surface area contributed by atoms with Gasteiger partial charge in [-0.05, 0) is 44.7 Å². The summed E-state index contributed by atoms with van der Waals surface area (Å²) in [6.07, 6.45) is 5.11. The number of nitrogens with one attached hydrogen (secondary N) is 1. The minimum Gasteiger partial charge on any atom is -0.461 e. The van der Waals surface area contributed by atoms with Crippen molar-refractivity contribution in [3.05, 3.63) is 47.2 Å². The van der Waals surface area contributed by atoms with Gasteiger partial charge in [0.1, 0.15) is 23.0 Å². The molecule has 0 saturated heterocycles. The molecular formula is C20H22N4O2. The van der Waals surface area contributed by atoms with E-state index in [9.17, 15) is 4.79 Å². The molecule has 0 spiro atoms. The van der Waals surface area contributed by atoms with Crippen LogP contribution in [0.15, 0.2) is 28.7 Å². The van der Waals surface area contributed by atoms with E-state index in [4.69, 9.17) is 4.42 Å². The van der Waals surface area contributed by atoms with E-state index in [0.717, 1.165) is 48.6 Å². The van der Waals surface area contributed by atoms with E-state index in [-0.39, 0.29) is 11.9 Å². The van der Waals surface area contributed by atoms with Crippen LogP contribution >= 0.6 is 0 Å². The molecule has 1 fully saturated rings. The second kappa shape index (κ2) is 5.97. The first-order valence-corrected chi connectivity index (χ1v) is 9.41. The van der Waals surface area contributed by atoms with Gasteiger partial charge in [0.15, 0.2) is 0 Å². The molecule has 3 heterocycles. The lowest BCUT2D eigenvalue weighted by Gasteiger charge is -2.16. The number of hydrogen-bond acceptors (Lipinski definition) is 4. The van der Waals surface area contributed by atoms with E-state index in [2.05, 4.69) is 20.1 Å². The number of furan rings is 1. The van der Waals surface area contributed by atoms with Gasteiger partial charge in [-0.25, -0.2) is 0 Å². The third kappa shape index (κ3) is 2.69. The Balaban J connectivity index is 1.33. The van der Waals surface area contributed by atoms with Gasteiger partial charge in [-0.3, -0.25) is 4.79 Å². The Morgan fingerprint density at radius 1 is 1.23 bits per heavy atom. The van der Waals surface area contributed by atoms with Gasteiger partial charge in [0.25, 0.3) is 5.91 Å². The van der Waals surface area contributed by atoms with Gasteiger partial charge in [-0.1, -0.05) is 12.1 Å². The van der Waals surface area contributed by atoms with Crippen molar-refractivity contribution in [2.45, 2.75) is 57.5 Å². The van der Waals surface area contributed by atoms with Crippen LogP contribution in [-0.4, -0.2) is 26.7 Å². The van der Waals surface area contributed by atoms with Gasteiger partial charge in [0.2, 0.25) is 0 Å². The Morgan fingerprint density at radius 3 is 2.96 bits per heavy atom. The largest absolute Gasteiger partial charge is 0.461 e. The third-order valence-corrected chi connectivity index (χ3v) is 5.46. The number of carbonyl (C=O) groups excluding carboxylic acids is 1. The van der Waals surface area contributed by atoms with Gasteiger partial charge in [0, 0.05) is 30.3 Å². The second-order valence-corrected chi connectivity index (χ2v) is 7.48. The molecule has 1 N–H and O–H groups in total. The summed E-state index contributed by atoms with van der Waals surface area (Å²) >= 11 is 0. The standard InChI is InChI=1S/C20H22N4O2/c1-12-11-14-3-2-4-16(18(14)26-12)20(25)21-15-7-8-17-22-23-19(13-5-6-13)24(17)10-9-15/h2-4,11,13,15H,5-10H2,1H3,(H,21,25). The number of amides is 1. The minimum absolute atomic E-state index is 0.0602.